The van der Waals surface area contributed by atoms with Crippen molar-refractivity contribution in [3.05, 3.63) is 52.9 Å². The van der Waals surface area contributed by atoms with Crippen molar-refractivity contribution < 1.29 is 14.3 Å². The fraction of sp³-hybridized carbons (Fsp3) is 0.154. The van der Waals surface area contributed by atoms with Gasteiger partial charge in [0.15, 0.2) is 0 Å². The van der Waals surface area contributed by atoms with Crippen LogP contribution in [0.2, 0.25) is 5.02 Å². The number of hydrogen-bond acceptors (Lipinski definition) is 3. The highest BCUT2D eigenvalue weighted by Gasteiger charge is 2.11. The SMILES string of the molecule is CN(Cc1ccco1)c1cc(C(=O)O)ccc1Cl. The average Bonchev–Trinajstić information content (AvgIpc) is 2.81. The number of anilines is 1. The Morgan fingerprint density at radius 2 is 2.22 bits per heavy atom. The molecule has 0 saturated heterocycles. The molecule has 5 heteroatoms. The molecule has 0 atom stereocenters. The second-order valence-corrected chi connectivity index (χ2v) is 4.31. The summed E-state index contributed by atoms with van der Waals surface area (Å²) in [6.07, 6.45) is 1.60. The van der Waals surface area contributed by atoms with Gasteiger partial charge in [0.2, 0.25) is 0 Å². The Morgan fingerprint density at radius 1 is 1.44 bits per heavy atom. The number of rotatable bonds is 4. The third-order valence-corrected chi connectivity index (χ3v) is 2.90. The molecular weight excluding hydrogens is 254 g/mol. The number of halogens is 1. The zero-order valence-electron chi connectivity index (χ0n) is 9.76. The summed E-state index contributed by atoms with van der Waals surface area (Å²) in [6, 6.07) is 8.27. The van der Waals surface area contributed by atoms with E-state index < -0.39 is 5.97 Å². The fourth-order valence-corrected chi connectivity index (χ4v) is 1.92. The van der Waals surface area contributed by atoms with Crippen molar-refractivity contribution in [2.75, 3.05) is 11.9 Å². The van der Waals surface area contributed by atoms with Crippen molar-refractivity contribution in [2.45, 2.75) is 6.54 Å². The molecule has 0 fully saturated rings. The van der Waals surface area contributed by atoms with E-state index in [2.05, 4.69) is 0 Å². The van der Waals surface area contributed by atoms with Crippen LogP contribution in [0.3, 0.4) is 0 Å². The van der Waals surface area contributed by atoms with Gasteiger partial charge in [0.25, 0.3) is 0 Å². The van der Waals surface area contributed by atoms with Crippen LogP contribution in [0.1, 0.15) is 16.1 Å². The van der Waals surface area contributed by atoms with E-state index in [9.17, 15) is 4.79 Å². The summed E-state index contributed by atoms with van der Waals surface area (Å²) in [5.41, 5.74) is 0.869. The molecule has 0 radical (unpaired) electrons. The lowest BCUT2D eigenvalue weighted by molar-refractivity contribution is 0.0697. The van der Waals surface area contributed by atoms with Crippen molar-refractivity contribution in [3.8, 4) is 0 Å². The van der Waals surface area contributed by atoms with Crippen LogP contribution < -0.4 is 4.90 Å². The molecule has 94 valence electrons. The zero-order valence-corrected chi connectivity index (χ0v) is 10.5. The minimum Gasteiger partial charge on any atom is -0.478 e. The maximum atomic E-state index is 10.9. The Bertz CT molecular complexity index is 551. The Balaban J connectivity index is 2.26. The van der Waals surface area contributed by atoms with Gasteiger partial charge in [0.1, 0.15) is 5.76 Å². The number of carbonyl (C=O) groups is 1. The molecule has 0 aliphatic rings. The molecule has 18 heavy (non-hydrogen) atoms. The second kappa shape index (κ2) is 5.14. The second-order valence-electron chi connectivity index (χ2n) is 3.91. The Hall–Kier alpha value is -1.94. The predicted octanol–water partition coefficient (Wildman–Crippen LogP) is 3.27. The van der Waals surface area contributed by atoms with E-state index >= 15 is 0 Å². The van der Waals surface area contributed by atoms with Crippen molar-refractivity contribution in [2.24, 2.45) is 0 Å². The maximum Gasteiger partial charge on any atom is 0.335 e. The summed E-state index contributed by atoms with van der Waals surface area (Å²) < 4.78 is 5.24. The lowest BCUT2D eigenvalue weighted by Crippen LogP contribution is -2.17. The minimum atomic E-state index is -0.973. The molecule has 0 aliphatic heterocycles. The van der Waals surface area contributed by atoms with Gasteiger partial charge in [0, 0.05) is 7.05 Å². The molecule has 0 unspecified atom stereocenters. The summed E-state index contributed by atoms with van der Waals surface area (Å²) in [5.74, 6) is -0.186. The number of furan rings is 1. The Labute approximate surface area is 109 Å². The van der Waals surface area contributed by atoms with Crippen LogP contribution in [-0.2, 0) is 6.54 Å². The summed E-state index contributed by atoms with van der Waals surface area (Å²) in [4.78, 5) is 12.8. The van der Waals surface area contributed by atoms with E-state index in [0.717, 1.165) is 5.76 Å². The first-order valence-corrected chi connectivity index (χ1v) is 5.72. The molecule has 1 heterocycles. The smallest absolute Gasteiger partial charge is 0.335 e. The normalized spacial score (nSPS) is 10.3. The number of benzene rings is 1. The standard InChI is InChI=1S/C13H12ClNO3/c1-15(8-10-3-2-6-18-10)12-7-9(13(16)17)4-5-11(12)14/h2-7H,8H2,1H3,(H,16,17). The molecule has 2 rings (SSSR count). The van der Waals surface area contributed by atoms with E-state index in [-0.39, 0.29) is 5.56 Å². The maximum absolute atomic E-state index is 10.9. The van der Waals surface area contributed by atoms with Crippen molar-refractivity contribution in [3.63, 3.8) is 0 Å². The van der Waals surface area contributed by atoms with Gasteiger partial charge in [-0.2, -0.15) is 0 Å². The first-order chi connectivity index (χ1) is 8.58. The highest BCUT2D eigenvalue weighted by molar-refractivity contribution is 6.33. The molecule has 0 amide bonds. The molecule has 2 aromatic rings. The molecule has 0 saturated carbocycles. The quantitative estimate of drug-likeness (QED) is 0.922. The number of hydrogen-bond donors (Lipinski definition) is 1. The number of aromatic carboxylic acids is 1. The lowest BCUT2D eigenvalue weighted by Gasteiger charge is -2.19. The van der Waals surface area contributed by atoms with Crippen molar-refractivity contribution >= 4 is 23.3 Å². The van der Waals surface area contributed by atoms with E-state index in [0.29, 0.717) is 17.3 Å². The summed E-state index contributed by atoms with van der Waals surface area (Å²) in [5, 5.41) is 9.47. The third-order valence-electron chi connectivity index (χ3n) is 2.58. The third kappa shape index (κ3) is 2.65. The number of carboxylic acids is 1. The van der Waals surface area contributed by atoms with Crippen LogP contribution in [0.15, 0.2) is 41.0 Å². The van der Waals surface area contributed by atoms with Gasteiger partial charge in [-0.25, -0.2) is 4.79 Å². The van der Waals surface area contributed by atoms with Crippen LogP contribution in [0.4, 0.5) is 5.69 Å². The van der Waals surface area contributed by atoms with Crippen LogP contribution in [0.25, 0.3) is 0 Å². The molecule has 4 nitrogen and oxygen atoms in total. The molecule has 0 bridgehead atoms. The number of carboxylic acid groups (broad SMARTS) is 1. The van der Waals surface area contributed by atoms with Crippen LogP contribution in [0, 0.1) is 0 Å². The van der Waals surface area contributed by atoms with E-state index in [1.54, 1.807) is 24.5 Å². The van der Waals surface area contributed by atoms with Gasteiger partial charge in [-0.3, -0.25) is 0 Å². The monoisotopic (exact) mass is 265 g/mol. The Kier molecular flexibility index (Phi) is 3.58. The van der Waals surface area contributed by atoms with Gasteiger partial charge in [-0.1, -0.05) is 11.6 Å². The predicted molar refractivity (Wildman–Crippen MR) is 69.2 cm³/mol. The van der Waals surface area contributed by atoms with E-state index in [1.165, 1.54) is 6.07 Å². The van der Waals surface area contributed by atoms with Crippen LogP contribution in [-0.4, -0.2) is 18.1 Å². The van der Waals surface area contributed by atoms with Gasteiger partial charge >= 0.3 is 5.97 Å². The van der Waals surface area contributed by atoms with E-state index in [4.69, 9.17) is 21.1 Å². The lowest BCUT2D eigenvalue weighted by atomic mass is 10.2. The first-order valence-electron chi connectivity index (χ1n) is 5.34. The summed E-state index contributed by atoms with van der Waals surface area (Å²) in [6.45, 7) is 0.524. The summed E-state index contributed by atoms with van der Waals surface area (Å²) in [7, 11) is 1.83. The molecule has 1 aromatic heterocycles. The number of nitrogens with zero attached hydrogens (tertiary/aromatic N) is 1. The zero-order chi connectivity index (χ0) is 13.1. The van der Waals surface area contributed by atoms with Gasteiger partial charge in [-0.15, -0.1) is 0 Å². The topological polar surface area (TPSA) is 53.7 Å². The molecule has 0 aliphatic carbocycles. The van der Waals surface area contributed by atoms with Gasteiger partial charge in [0.05, 0.1) is 29.1 Å². The highest BCUT2D eigenvalue weighted by atomic mass is 35.5. The highest BCUT2D eigenvalue weighted by Crippen LogP contribution is 2.27. The molecule has 1 aromatic carbocycles. The fourth-order valence-electron chi connectivity index (χ4n) is 1.66. The van der Waals surface area contributed by atoms with Crippen LogP contribution in [0.5, 0.6) is 0 Å². The first kappa shape index (κ1) is 12.5. The largest absolute Gasteiger partial charge is 0.478 e. The van der Waals surface area contributed by atoms with Crippen molar-refractivity contribution in [1.29, 1.82) is 0 Å². The van der Waals surface area contributed by atoms with E-state index in [1.807, 2.05) is 18.0 Å². The minimum absolute atomic E-state index is 0.209. The van der Waals surface area contributed by atoms with Crippen molar-refractivity contribution in [1.82, 2.24) is 0 Å². The van der Waals surface area contributed by atoms with Crippen LogP contribution >= 0.6 is 11.6 Å². The van der Waals surface area contributed by atoms with Gasteiger partial charge < -0.3 is 14.4 Å². The average molecular weight is 266 g/mol. The molecule has 1 N–H and O–H groups in total. The Morgan fingerprint density at radius 3 is 2.83 bits per heavy atom. The van der Waals surface area contributed by atoms with Gasteiger partial charge in [-0.05, 0) is 30.3 Å². The summed E-state index contributed by atoms with van der Waals surface area (Å²) >= 11 is 6.07. The molecular formula is C13H12ClNO3. The molecule has 0 spiro atoms.